The first kappa shape index (κ1) is 60.3. The number of amides is 3. The molecule has 2 saturated heterocycles. The molecule has 2 fully saturated rings. The van der Waals surface area contributed by atoms with E-state index in [1.165, 1.54) is 31.2 Å². The summed E-state index contributed by atoms with van der Waals surface area (Å²) in [7, 11) is 1.67. The molecule has 15 nitrogen and oxygen atoms in total. The standard InChI is InChI=1S/C30H37N3O3.C28H31N3O4.C7H5ClO2/c1-21-7-9-25(29(17-21)35-4)20-33(16-15-32-13-5-6-14-32)30(34)24-10-12-28(27(31)19-24)36-26-11-8-22(2)23(3)18-26;1-20-10-12-24(18-21(20)2)34-26-13-11-22(27(32)29-14-17-31-15-6-7-16-31)19-25(26)30-28(33)35-23-8-4-3-5-9-23;8-7(9)10-6-4-2-1-3-5-6/h7-12,17-19H,5-6,13-16,20,31H2,1-4H3;3-5,8-13,18-19H,6-7,14-17H2,1-2H3,(H,29,32)(H,30,33);1-5H. The van der Waals surface area contributed by atoms with E-state index < -0.39 is 11.5 Å². The zero-order valence-electron chi connectivity index (χ0n) is 47.1. The number of benzene rings is 7. The van der Waals surface area contributed by atoms with Crippen molar-refractivity contribution < 1.29 is 42.9 Å². The van der Waals surface area contributed by atoms with Crippen LogP contribution in [0.5, 0.6) is 40.2 Å². The second kappa shape index (κ2) is 30.3. The van der Waals surface area contributed by atoms with E-state index in [1.54, 1.807) is 92.0 Å². The molecule has 7 aromatic carbocycles. The number of ether oxygens (including phenoxy) is 5. The van der Waals surface area contributed by atoms with Crippen molar-refractivity contribution in [3.8, 4) is 40.2 Å². The Hall–Kier alpha value is -8.37. The van der Waals surface area contributed by atoms with E-state index in [9.17, 15) is 19.2 Å². The summed E-state index contributed by atoms with van der Waals surface area (Å²) in [6.45, 7) is 17.9. The van der Waals surface area contributed by atoms with E-state index in [1.807, 2.05) is 93.3 Å². The smallest absolute Gasteiger partial charge is 0.417 e. The SMILES string of the molecule is COc1cc(C)ccc1CN(CCN1CCCC1)C(=O)c1ccc(Oc2ccc(C)c(C)c2)c(N)c1.Cc1ccc(Oc2ccc(C(=O)NCCN3CCCC3)cc2NC(=O)Oc2ccccc2)cc1C.O=C(Cl)Oc1ccccc1. The van der Waals surface area contributed by atoms with Crippen molar-refractivity contribution in [2.75, 3.05) is 70.5 Å². The lowest BCUT2D eigenvalue weighted by atomic mass is 10.1. The van der Waals surface area contributed by atoms with Crippen LogP contribution in [0.3, 0.4) is 0 Å². The van der Waals surface area contributed by atoms with Gasteiger partial charge in [0, 0.05) is 61.0 Å². The van der Waals surface area contributed by atoms with Crippen molar-refractivity contribution in [2.24, 2.45) is 0 Å². The molecule has 2 aliphatic rings. The molecule has 81 heavy (non-hydrogen) atoms. The number of hydrogen-bond acceptors (Lipinski definition) is 12. The summed E-state index contributed by atoms with van der Waals surface area (Å²) in [5, 5.41) is 5.69. The van der Waals surface area contributed by atoms with E-state index in [4.69, 9.17) is 36.3 Å². The van der Waals surface area contributed by atoms with Crippen LogP contribution in [0, 0.1) is 34.6 Å². The number of nitrogen functional groups attached to an aromatic ring is 1. The molecule has 0 atom stereocenters. The summed E-state index contributed by atoms with van der Waals surface area (Å²) in [5.74, 6) is 3.72. The number of para-hydroxylation sites is 2. The molecule has 424 valence electrons. The summed E-state index contributed by atoms with van der Waals surface area (Å²) in [6, 6.07) is 45.5. The fourth-order valence-electron chi connectivity index (χ4n) is 9.08. The Kier molecular flexibility index (Phi) is 22.5. The number of nitrogens with zero attached hydrogens (tertiary/aromatic N) is 3. The van der Waals surface area contributed by atoms with Gasteiger partial charge in [-0.3, -0.25) is 14.9 Å². The first-order valence-electron chi connectivity index (χ1n) is 27.3. The maximum atomic E-state index is 13.7. The van der Waals surface area contributed by atoms with Gasteiger partial charge in [-0.2, -0.15) is 0 Å². The van der Waals surface area contributed by atoms with Gasteiger partial charge in [-0.25, -0.2) is 9.59 Å². The lowest BCUT2D eigenvalue weighted by Crippen LogP contribution is -2.37. The number of likely N-dealkylation sites (tertiary alicyclic amines) is 2. The predicted molar refractivity (Wildman–Crippen MR) is 320 cm³/mol. The van der Waals surface area contributed by atoms with E-state index in [0.29, 0.717) is 70.9 Å². The molecule has 0 spiro atoms. The van der Waals surface area contributed by atoms with Gasteiger partial charge in [0.25, 0.3) is 11.8 Å². The third kappa shape index (κ3) is 18.9. The normalized spacial score (nSPS) is 12.9. The van der Waals surface area contributed by atoms with Gasteiger partial charge in [-0.15, -0.1) is 0 Å². The van der Waals surface area contributed by atoms with E-state index >= 15 is 0 Å². The minimum Gasteiger partial charge on any atom is -0.496 e. The summed E-state index contributed by atoms with van der Waals surface area (Å²) < 4.78 is 27.6. The number of hydrogen-bond donors (Lipinski definition) is 3. The van der Waals surface area contributed by atoms with Crippen molar-refractivity contribution in [1.82, 2.24) is 20.0 Å². The molecule has 0 aliphatic carbocycles. The van der Waals surface area contributed by atoms with Crippen LogP contribution in [0.2, 0.25) is 0 Å². The number of nitrogens with two attached hydrogens (primary N) is 1. The number of aryl methyl sites for hydroxylation is 5. The molecule has 0 saturated carbocycles. The highest BCUT2D eigenvalue weighted by Gasteiger charge is 2.22. The van der Waals surface area contributed by atoms with Crippen molar-refractivity contribution in [1.29, 1.82) is 0 Å². The largest absolute Gasteiger partial charge is 0.496 e. The van der Waals surface area contributed by atoms with Crippen LogP contribution in [0.15, 0.2) is 152 Å². The summed E-state index contributed by atoms with van der Waals surface area (Å²) in [6.07, 6.45) is 4.19. The van der Waals surface area contributed by atoms with Crippen LogP contribution >= 0.6 is 11.6 Å². The van der Waals surface area contributed by atoms with Gasteiger partial charge in [0.15, 0.2) is 5.75 Å². The van der Waals surface area contributed by atoms with Crippen LogP contribution in [-0.4, -0.2) is 97.5 Å². The molecule has 0 bridgehead atoms. The molecule has 7 aromatic rings. The number of nitrogens with one attached hydrogen (secondary N) is 2. The third-order valence-corrected chi connectivity index (χ3v) is 14.0. The molecule has 0 radical (unpaired) electrons. The second-order valence-corrected chi connectivity index (χ2v) is 20.3. The number of carbonyl (C=O) groups is 4. The number of methoxy groups -OCH3 is 1. The molecule has 2 aliphatic heterocycles. The average Bonchev–Trinajstić information content (AvgIpc) is 4.20. The molecule has 2 heterocycles. The van der Waals surface area contributed by atoms with Crippen molar-refractivity contribution in [3.05, 3.63) is 196 Å². The number of rotatable bonds is 18. The lowest BCUT2D eigenvalue weighted by molar-refractivity contribution is 0.0725. The number of anilines is 2. The molecule has 4 N–H and O–H groups in total. The number of carbonyl (C=O) groups excluding carboxylic acids is 4. The Morgan fingerprint density at radius 1 is 0.568 bits per heavy atom. The highest BCUT2D eigenvalue weighted by Crippen LogP contribution is 2.33. The molecule has 0 unspecified atom stereocenters. The average molecular weight is 1120 g/mol. The Morgan fingerprint density at radius 3 is 1.69 bits per heavy atom. The number of halogens is 1. The van der Waals surface area contributed by atoms with Crippen molar-refractivity contribution in [3.63, 3.8) is 0 Å². The van der Waals surface area contributed by atoms with Gasteiger partial charge in [-0.1, -0.05) is 60.7 Å². The van der Waals surface area contributed by atoms with Crippen LogP contribution < -0.4 is 40.1 Å². The topological polar surface area (TPSA) is 174 Å². The zero-order valence-corrected chi connectivity index (χ0v) is 47.9. The molecule has 16 heteroatoms. The Bertz CT molecular complexity index is 3220. The van der Waals surface area contributed by atoms with E-state index in [0.717, 1.165) is 78.6 Å². The fraction of sp³-hybridized carbons (Fsp3) is 0.292. The van der Waals surface area contributed by atoms with Crippen LogP contribution in [0.1, 0.15) is 79.8 Å². The maximum Gasteiger partial charge on any atom is 0.417 e. The minimum atomic E-state index is -0.814. The Morgan fingerprint density at radius 2 is 1.12 bits per heavy atom. The van der Waals surface area contributed by atoms with Crippen LogP contribution in [0.4, 0.5) is 21.0 Å². The summed E-state index contributed by atoms with van der Waals surface area (Å²) in [5.41, 5.74) is 14.0. The summed E-state index contributed by atoms with van der Waals surface area (Å²) in [4.78, 5) is 55.9. The van der Waals surface area contributed by atoms with E-state index in [2.05, 4.69) is 38.2 Å². The predicted octanol–water partition coefficient (Wildman–Crippen LogP) is 13.7. The maximum absolute atomic E-state index is 13.7. The first-order valence-corrected chi connectivity index (χ1v) is 27.6. The van der Waals surface area contributed by atoms with Crippen LogP contribution in [0.25, 0.3) is 0 Å². The zero-order chi connectivity index (χ0) is 57.7. The molecule has 3 amide bonds. The quantitative estimate of drug-likeness (QED) is 0.0549. The molecule has 9 rings (SSSR count). The first-order chi connectivity index (χ1) is 39.1. The van der Waals surface area contributed by atoms with Crippen molar-refractivity contribution in [2.45, 2.75) is 66.8 Å². The van der Waals surface area contributed by atoms with E-state index in [-0.39, 0.29) is 11.8 Å². The molecular formula is C65H73ClN6O9. The van der Waals surface area contributed by atoms with Crippen molar-refractivity contribution >= 4 is 46.3 Å². The van der Waals surface area contributed by atoms with Gasteiger partial charge in [0.2, 0.25) is 0 Å². The lowest BCUT2D eigenvalue weighted by Gasteiger charge is -2.27. The fourth-order valence-corrected chi connectivity index (χ4v) is 9.17. The monoisotopic (exact) mass is 1120 g/mol. The van der Waals surface area contributed by atoms with Gasteiger partial charge >= 0.3 is 11.5 Å². The summed E-state index contributed by atoms with van der Waals surface area (Å²) >= 11 is 4.95. The Labute approximate surface area is 480 Å². The second-order valence-electron chi connectivity index (χ2n) is 20.0. The highest BCUT2D eigenvalue weighted by molar-refractivity contribution is 6.61. The van der Waals surface area contributed by atoms with Crippen LogP contribution in [-0.2, 0) is 6.54 Å². The molecule has 0 aromatic heterocycles. The third-order valence-electron chi connectivity index (χ3n) is 13.9. The minimum absolute atomic E-state index is 0.0544. The van der Waals surface area contributed by atoms with Gasteiger partial charge < -0.3 is 49.4 Å². The highest BCUT2D eigenvalue weighted by atomic mass is 35.5. The van der Waals surface area contributed by atoms with Gasteiger partial charge in [0.05, 0.1) is 18.5 Å². The van der Waals surface area contributed by atoms with Gasteiger partial charge in [0.1, 0.15) is 34.5 Å². The Balaban J connectivity index is 0.000000199. The van der Waals surface area contributed by atoms with Gasteiger partial charge in [-0.05, 0) is 205 Å². The molecular weight excluding hydrogens is 1040 g/mol.